The smallest absolute Gasteiger partial charge is 0.207 e. The minimum atomic E-state index is -3.79. The zero-order valence-electron chi connectivity index (χ0n) is 9.84. The fourth-order valence-corrected chi connectivity index (χ4v) is 1.62. The highest BCUT2D eigenvalue weighted by molar-refractivity contribution is 5.26. The molecule has 0 N–H and O–H groups in total. The zero-order valence-corrected chi connectivity index (χ0v) is 9.84. The van der Waals surface area contributed by atoms with E-state index in [2.05, 4.69) is 0 Å². The summed E-state index contributed by atoms with van der Waals surface area (Å²) in [6.07, 6.45) is -2.95. The normalized spacial score (nSPS) is 12.9. The maximum absolute atomic E-state index is 13.3. The molecule has 0 saturated carbocycles. The summed E-state index contributed by atoms with van der Waals surface area (Å²) in [6.45, 7) is 1.63. The van der Waals surface area contributed by atoms with Crippen molar-refractivity contribution in [2.75, 3.05) is 0 Å². The van der Waals surface area contributed by atoms with Crippen LogP contribution in [0.4, 0.5) is 26.3 Å². The van der Waals surface area contributed by atoms with Crippen molar-refractivity contribution in [2.24, 2.45) is 0 Å². The van der Waals surface area contributed by atoms with Crippen molar-refractivity contribution in [2.45, 2.75) is 38.5 Å². The summed E-state index contributed by atoms with van der Waals surface area (Å²) >= 11 is 0. The molecule has 6 heteroatoms. The van der Waals surface area contributed by atoms with Gasteiger partial charge in [-0.05, 0) is 25.0 Å². The van der Waals surface area contributed by atoms with Gasteiger partial charge in [0.05, 0.1) is 6.42 Å². The lowest BCUT2D eigenvalue weighted by Crippen LogP contribution is -2.29. The van der Waals surface area contributed by atoms with Crippen molar-refractivity contribution in [3.05, 3.63) is 34.9 Å². The third-order valence-electron chi connectivity index (χ3n) is 2.37. The molecule has 0 nitrogen and oxygen atoms in total. The first-order chi connectivity index (χ1) is 8.02. The monoisotopic (exact) mass is 270 g/mol. The van der Waals surface area contributed by atoms with Crippen molar-refractivity contribution in [3.8, 4) is 0 Å². The predicted octanol–water partition coefficient (Wildman–Crippen LogP) is 4.50. The van der Waals surface area contributed by atoms with Crippen LogP contribution in [-0.2, 0) is 6.42 Å². The van der Waals surface area contributed by atoms with E-state index in [-0.39, 0.29) is 5.56 Å². The summed E-state index contributed by atoms with van der Waals surface area (Å²) in [5, 5.41) is 0. The molecule has 0 unspecified atom stereocenters. The SMILES string of the molecule is Cc1ccc(CC(F)(F)CC(C)(F)F)c(F)c1F. The molecule has 0 amide bonds. The van der Waals surface area contributed by atoms with Gasteiger partial charge in [-0.25, -0.2) is 26.3 Å². The molecule has 0 aliphatic carbocycles. The van der Waals surface area contributed by atoms with Crippen molar-refractivity contribution >= 4 is 0 Å². The predicted molar refractivity (Wildman–Crippen MR) is 55.0 cm³/mol. The molecule has 1 aromatic carbocycles. The average molecular weight is 270 g/mol. The second kappa shape index (κ2) is 4.82. The Morgan fingerprint density at radius 3 is 2.06 bits per heavy atom. The summed E-state index contributed by atoms with van der Waals surface area (Å²) in [5.74, 6) is -10.00. The van der Waals surface area contributed by atoms with Gasteiger partial charge >= 0.3 is 0 Å². The first-order valence-electron chi connectivity index (χ1n) is 5.21. The molecule has 18 heavy (non-hydrogen) atoms. The molecule has 0 aromatic heterocycles. The molecule has 0 aliphatic heterocycles. The Morgan fingerprint density at radius 2 is 1.56 bits per heavy atom. The van der Waals surface area contributed by atoms with Crippen LogP contribution in [0.25, 0.3) is 0 Å². The van der Waals surface area contributed by atoms with Gasteiger partial charge in [0.15, 0.2) is 11.6 Å². The second-order valence-corrected chi connectivity index (χ2v) is 4.45. The van der Waals surface area contributed by atoms with Crippen LogP contribution in [0, 0.1) is 18.6 Å². The minimum Gasteiger partial charge on any atom is -0.207 e. The molecule has 0 aliphatic rings. The van der Waals surface area contributed by atoms with Crippen molar-refractivity contribution in [3.63, 3.8) is 0 Å². The number of hydrogen-bond donors (Lipinski definition) is 0. The fraction of sp³-hybridized carbons (Fsp3) is 0.500. The Kier molecular flexibility index (Phi) is 3.98. The van der Waals surface area contributed by atoms with E-state index in [4.69, 9.17) is 0 Å². The van der Waals surface area contributed by atoms with Gasteiger partial charge in [-0.3, -0.25) is 0 Å². The van der Waals surface area contributed by atoms with E-state index in [1.807, 2.05) is 0 Å². The summed E-state index contributed by atoms with van der Waals surface area (Å²) < 4.78 is 78.0. The van der Waals surface area contributed by atoms with E-state index in [1.165, 1.54) is 6.92 Å². The number of rotatable bonds is 4. The molecule has 0 bridgehead atoms. The highest BCUT2D eigenvalue weighted by Gasteiger charge is 2.40. The fourth-order valence-electron chi connectivity index (χ4n) is 1.62. The lowest BCUT2D eigenvalue weighted by molar-refractivity contribution is -0.100. The van der Waals surface area contributed by atoms with Crippen LogP contribution >= 0.6 is 0 Å². The molecule has 0 saturated heterocycles. The second-order valence-electron chi connectivity index (χ2n) is 4.45. The topological polar surface area (TPSA) is 0 Å². The van der Waals surface area contributed by atoms with Gasteiger partial charge < -0.3 is 0 Å². The van der Waals surface area contributed by atoms with Crippen molar-refractivity contribution in [1.82, 2.24) is 0 Å². The van der Waals surface area contributed by atoms with Crippen LogP contribution in [0.15, 0.2) is 12.1 Å². The third-order valence-corrected chi connectivity index (χ3v) is 2.37. The molecule has 0 radical (unpaired) electrons. The van der Waals surface area contributed by atoms with E-state index < -0.39 is 41.9 Å². The van der Waals surface area contributed by atoms with Gasteiger partial charge in [0.1, 0.15) is 0 Å². The maximum atomic E-state index is 13.3. The highest BCUT2D eigenvalue weighted by atomic mass is 19.3. The van der Waals surface area contributed by atoms with Crippen LogP contribution < -0.4 is 0 Å². The molecule has 0 fully saturated rings. The summed E-state index contributed by atoms with van der Waals surface area (Å²) in [7, 11) is 0. The molecule has 1 rings (SSSR count). The van der Waals surface area contributed by atoms with Crippen LogP contribution in [0.3, 0.4) is 0 Å². The Hall–Kier alpha value is -1.20. The number of hydrogen-bond acceptors (Lipinski definition) is 0. The molecule has 102 valence electrons. The Morgan fingerprint density at radius 1 is 1.00 bits per heavy atom. The van der Waals surface area contributed by atoms with Crippen LogP contribution in [0.5, 0.6) is 0 Å². The molecule has 1 aromatic rings. The van der Waals surface area contributed by atoms with Crippen LogP contribution in [-0.4, -0.2) is 11.8 Å². The van der Waals surface area contributed by atoms with E-state index in [0.29, 0.717) is 6.92 Å². The largest absolute Gasteiger partial charge is 0.257 e. The van der Waals surface area contributed by atoms with Gasteiger partial charge in [0, 0.05) is 6.42 Å². The minimum absolute atomic E-state index is 0.0274. The highest BCUT2D eigenvalue weighted by Crippen LogP contribution is 2.33. The van der Waals surface area contributed by atoms with E-state index in [1.54, 1.807) is 0 Å². The Balaban J connectivity index is 2.94. The molecule has 0 heterocycles. The van der Waals surface area contributed by atoms with Crippen LogP contribution in [0.1, 0.15) is 24.5 Å². The average Bonchev–Trinajstić information content (AvgIpc) is 2.15. The van der Waals surface area contributed by atoms with Crippen molar-refractivity contribution < 1.29 is 26.3 Å². The first kappa shape index (κ1) is 14.9. The van der Waals surface area contributed by atoms with Crippen molar-refractivity contribution in [1.29, 1.82) is 0 Å². The van der Waals surface area contributed by atoms with Gasteiger partial charge in [-0.15, -0.1) is 0 Å². The van der Waals surface area contributed by atoms with Gasteiger partial charge in [0.25, 0.3) is 11.8 Å². The quantitative estimate of drug-likeness (QED) is 0.707. The molecule has 0 spiro atoms. The van der Waals surface area contributed by atoms with Gasteiger partial charge in [-0.1, -0.05) is 12.1 Å². The lowest BCUT2D eigenvalue weighted by Gasteiger charge is -2.20. The van der Waals surface area contributed by atoms with Gasteiger partial charge in [-0.2, -0.15) is 0 Å². The number of halogens is 6. The lowest BCUT2D eigenvalue weighted by atomic mass is 10.0. The third kappa shape index (κ3) is 3.92. The molecular weight excluding hydrogens is 258 g/mol. The summed E-state index contributed by atoms with van der Waals surface area (Å²) in [6, 6.07) is 2.11. The standard InChI is InChI=1S/C12H12F6/c1-7-3-4-8(10(14)9(7)13)5-12(17,18)6-11(2,15)16/h3-4H,5-6H2,1-2H3. The van der Waals surface area contributed by atoms with Gasteiger partial charge in [0.2, 0.25) is 0 Å². The number of benzene rings is 1. The summed E-state index contributed by atoms with van der Waals surface area (Å²) in [5.41, 5.74) is -0.632. The van der Waals surface area contributed by atoms with E-state index in [9.17, 15) is 26.3 Å². The number of aryl methyl sites for hydroxylation is 1. The number of alkyl halides is 4. The molecular formula is C12H12F6. The summed E-state index contributed by atoms with van der Waals surface area (Å²) in [4.78, 5) is 0. The molecule has 0 atom stereocenters. The first-order valence-corrected chi connectivity index (χ1v) is 5.21. The van der Waals surface area contributed by atoms with E-state index >= 15 is 0 Å². The zero-order chi connectivity index (χ0) is 14.1. The van der Waals surface area contributed by atoms with E-state index in [0.717, 1.165) is 12.1 Å². The Labute approximate surface area is 101 Å². The Bertz CT molecular complexity index is 433. The van der Waals surface area contributed by atoms with Crippen LogP contribution in [0.2, 0.25) is 0 Å². The maximum Gasteiger partial charge on any atom is 0.257 e.